The molecule has 12 heavy (non-hydrogen) atoms. The molecule has 0 rings (SSSR count). The Morgan fingerprint density at radius 1 is 0.500 bits per heavy atom. The van der Waals surface area contributed by atoms with Crippen molar-refractivity contribution < 1.29 is 43.8 Å². The van der Waals surface area contributed by atoms with E-state index in [4.69, 9.17) is 38.4 Å². The van der Waals surface area contributed by atoms with Gasteiger partial charge in [0, 0.05) is 0 Å². The molecule has 0 atom stereocenters. The van der Waals surface area contributed by atoms with Gasteiger partial charge in [-0.1, -0.05) is 0 Å². The van der Waals surface area contributed by atoms with Crippen LogP contribution in [0.4, 0.5) is 0 Å². The van der Waals surface area contributed by atoms with Crippen LogP contribution in [0.5, 0.6) is 0 Å². The summed E-state index contributed by atoms with van der Waals surface area (Å²) in [6, 6.07) is 0. The zero-order chi connectivity index (χ0) is 9.00. The third-order valence-corrected chi connectivity index (χ3v) is 0. The normalized spacial score (nSPS) is 10.0. The Labute approximate surface area is 99.1 Å². The van der Waals surface area contributed by atoms with Crippen LogP contribution in [0.3, 0.4) is 0 Å². The summed E-state index contributed by atoms with van der Waals surface area (Å²) in [4.78, 5) is 58.6. The molecule has 0 aromatic carbocycles. The summed E-state index contributed by atoms with van der Waals surface area (Å²) in [6.07, 6.45) is 0. The first-order valence-corrected chi connectivity index (χ1v) is 5.37. The Morgan fingerprint density at radius 3 is 0.500 bits per heavy atom. The molecule has 0 bridgehead atoms. The van der Waals surface area contributed by atoms with Gasteiger partial charge in [-0.25, -0.2) is 0 Å². The Bertz CT molecular complexity index is 55.5. The standard InChI is InChI=1S/Ca.2H4O4Si.H2O.2H/c;2*1-5(2,3)4;;;/h;2*1-4H;1H2;;. The Morgan fingerprint density at radius 2 is 0.500 bits per heavy atom. The Balaban J connectivity index is -0.0000000457. The van der Waals surface area contributed by atoms with Crippen molar-refractivity contribution in [2.24, 2.45) is 0 Å². The summed E-state index contributed by atoms with van der Waals surface area (Å²) in [7, 11) is -9.22. The molecule has 0 aromatic rings. The summed E-state index contributed by atoms with van der Waals surface area (Å²) in [6.45, 7) is 0. The minimum absolute atomic E-state index is 0. The molecule has 0 aromatic heterocycles. The predicted octanol–water partition coefficient (Wildman–Crippen LogP) is -6.96. The van der Waals surface area contributed by atoms with Crippen molar-refractivity contribution in [3.05, 3.63) is 0 Å². The molecule has 0 saturated carbocycles. The van der Waals surface area contributed by atoms with Gasteiger partial charge in [0.05, 0.1) is 0 Å². The molecular weight excluding hydrogens is 240 g/mol. The van der Waals surface area contributed by atoms with Crippen molar-refractivity contribution in [1.29, 1.82) is 0 Å². The van der Waals surface area contributed by atoms with E-state index in [0.717, 1.165) is 0 Å². The molecule has 0 aliphatic heterocycles. The molecule has 12 heteroatoms. The van der Waals surface area contributed by atoms with Crippen LogP contribution in [-0.4, -0.2) is 99.7 Å². The van der Waals surface area contributed by atoms with Crippen LogP contribution >= 0.6 is 0 Å². The van der Waals surface area contributed by atoms with Crippen molar-refractivity contribution in [1.82, 2.24) is 0 Å². The molecule has 10 N–H and O–H groups in total. The van der Waals surface area contributed by atoms with E-state index >= 15 is 0 Å². The fourth-order valence-corrected chi connectivity index (χ4v) is 0. The van der Waals surface area contributed by atoms with Gasteiger partial charge in [-0.05, 0) is 0 Å². The first kappa shape index (κ1) is 23.3. The van der Waals surface area contributed by atoms with Gasteiger partial charge in [0.2, 0.25) is 0 Å². The van der Waals surface area contributed by atoms with Crippen molar-refractivity contribution in [3.63, 3.8) is 0 Å². The first-order chi connectivity index (χ1) is 4.00. The summed E-state index contributed by atoms with van der Waals surface area (Å²) in [5.74, 6) is 0. The average molecular weight is 252 g/mol. The quantitative estimate of drug-likeness (QED) is 0.195. The molecule has 0 heterocycles. The van der Waals surface area contributed by atoms with Crippen LogP contribution in [0.15, 0.2) is 0 Å². The summed E-state index contributed by atoms with van der Waals surface area (Å²) < 4.78 is 0. The Hall–Kier alpha value is 1.33. The van der Waals surface area contributed by atoms with Gasteiger partial charge in [0.25, 0.3) is 0 Å². The maximum atomic E-state index is 7.33. The third-order valence-electron chi connectivity index (χ3n) is 0. The van der Waals surface area contributed by atoms with Gasteiger partial charge < -0.3 is 43.8 Å². The molecule has 0 unspecified atom stereocenters. The van der Waals surface area contributed by atoms with E-state index in [1.165, 1.54) is 0 Å². The molecule has 0 saturated heterocycles. The van der Waals surface area contributed by atoms with Crippen molar-refractivity contribution in [2.45, 2.75) is 0 Å². The van der Waals surface area contributed by atoms with E-state index in [1.54, 1.807) is 0 Å². The van der Waals surface area contributed by atoms with Crippen LogP contribution in [0.2, 0.25) is 0 Å². The average Bonchev–Trinajstić information content (AvgIpc) is 1.12. The molecule has 76 valence electrons. The first-order valence-electron chi connectivity index (χ1n) is 1.79. The maximum absolute atomic E-state index is 7.33. The topological polar surface area (TPSA) is 193 Å². The number of hydrogen-bond donors (Lipinski definition) is 8. The van der Waals surface area contributed by atoms with Gasteiger partial charge >= 0.3 is 55.8 Å². The number of rotatable bonds is 0. The SMILES string of the molecule is O.O[Si](O)(O)O.O[Si](O)(O)O.[CaH2]. The Kier molecular flexibility index (Phi) is 17.3. The molecule has 0 aliphatic carbocycles. The predicted molar refractivity (Wildman–Crippen MR) is 41.4 cm³/mol. The zero-order valence-corrected chi connectivity index (χ0v) is 7.08. The molecule has 0 fully saturated rings. The van der Waals surface area contributed by atoms with E-state index in [9.17, 15) is 0 Å². The number of hydrogen-bond acceptors (Lipinski definition) is 8. The van der Waals surface area contributed by atoms with E-state index in [0.29, 0.717) is 0 Å². The van der Waals surface area contributed by atoms with Crippen molar-refractivity contribution in [3.8, 4) is 0 Å². The van der Waals surface area contributed by atoms with Gasteiger partial charge in [0.15, 0.2) is 0 Å². The second kappa shape index (κ2) is 8.91. The monoisotopic (exact) mass is 252 g/mol. The summed E-state index contributed by atoms with van der Waals surface area (Å²) in [5.41, 5.74) is 0. The zero-order valence-electron chi connectivity index (χ0n) is 5.08. The van der Waals surface area contributed by atoms with Gasteiger partial charge in [-0.2, -0.15) is 0 Å². The molecule has 0 aliphatic rings. The summed E-state index contributed by atoms with van der Waals surface area (Å²) >= 11 is 0. The molecule has 0 amide bonds. The van der Waals surface area contributed by atoms with Crippen molar-refractivity contribution in [2.75, 3.05) is 0 Å². The van der Waals surface area contributed by atoms with Gasteiger partial charge in [-0.15, -0.1) is 0 Å². The van der Waals surface area contributed by atoms with E-state index in [2.05, 4.69) is 0 Å². The van der Waals surface area contributed by atoms with E-state index < -0.39 is 18.1 Å². The van der Waals surface area contributed by atoms with Crippen LogP contribution in [0.25, 0.3) is 0 Å². The van der Waals surface area contributed by atoms with Crippen LogP contribution < -0.4 is 0 Å². The van der Waals surface area contributed by atoms with Gasteiger partial charge in [0.1, 0.15) is 0 Å². The summed E-state index contributed by atoms with van der Waals surface area (Å²) in [5, 5.41) is 0. The molecule has 0 radical (unpaired) electrons. The van der Waals surface area contributed by atoms with Crippen LogP contribution in [-0.2, 0) is 0 Å². The van der Waals surface area contributed by atoms with Crippen LogP contribution in [0, 0.1) is 0 Å². The molecular formula is H12CaO9Si2. The second-order valence-corrected chi connectivity index (χ2v) is 3.60. The minimum atomic E-state index is -4.61. The second-order valence-electron chi connectivity index (χ2n) is 1.20. The fourth-order valence-electron chi connectivity index (χ4n) is 0. The molecule has 9 nitrogen and oxygen atoms in total. The molecule has 0 spiro atoms. The van der Waals surface area contributed by atoms with Crippen LogP contribution in [0.1, 0.15) is 0 Å². The van der Waals surface area contributed by atoms with Crippen molar-refractivity contribution >= 4 is 55.8 Å². The van der Waals surface area contributed by atoms with E-state index in [1.807, 2.05) is 0 Å². The fraction of sp³-hybridized carbons (Fsp3) is 0. The van der Waals surface area contributed by atoms with E-state index in [-0.39, 0.29) is 43.2 Å². The third kappa shape index (κ3) is 681. The van der Waals surface area contributed by atoms with Gasteiger partial charge in [-0.3, -0.25) is 0 Å².